The van der Waals surface area contributed by atoms with Crippen LogP contribution in [0, 0.1) is 0 Å². The quantitative estimate of drug-likeness (QED) is 0.0552. The molecule has 2 aromatic carbocycles. The van der Waals surface area contributed by atoms with E-state index in [4.69, 9.17) is 4.84 Å². The van der Waals surface area contributed by atoms with Crippen LogP contribution in [0.3, 0.4) is 0 Å². The van der Waals surface area contributed by atoms with E-state index in [1.807, 2.05) is 0 Å². The van der Waals surface area contributed by atoms with Crippen molar-refractivity contribution in [1.29, 1.82) is 0 Å². The summed E-state index contributed by atoms with van der Waals surface area (Å²) in [6, 6.07) is 10.8. The van der Waals surface area contributed by atoms with Crippen molar-refractivity contribution in [3.63, 3.8) is 0 Å². The number of hydrogen-bond acceptors (Lipinski definition) is 15. The number of amides is 5. The second-order valence-electron chi connectivity index (χ2n) is 13.7. The Balaban J connectivity index is 1.41. The number of phenols is 2. The van der Waals surface area contributed by atoms with E-state index in [-0.39, 0.29) is 143 Å². The summed E-state index contributed by atoms with van der Waals surface area (Å²) < 4.78 is 9.71. The summed E-state index contributed by atoms with van der Waals surface area (Å²) in [6.07, 6.45) is 0.186. The molecular formula is C41H52N6O15. The maximum atomic E-state index is 13.2. The van der Waals surface area contributed by atoms with Crippen molar-refractivity contribution in [3.05, 3.63) is 70.8 Å². The molecule has 0 aliphatic heterocycles. The van der Waals surface area contributed by atoms with Gasteiger partial charge in [0.15, 0.2) is 0 Å². The predicted molar refractivity (Wildman–Crippen MR) is 216 cm³/mol. The minimum atomic E-state index is -0.824. The number of ether oxygens (including phenoxy) is 2. The van der Waals surface area contributed by atoms with E-state index in [1.54, 1.807) is 12.1 Å². The molecule has 0 aliphatic carbocycles. The van der Waals surface area contributed by atoms with Crippen molar-refractivity contribution in [3.8, 4) is 23.3 Å². The normalized spacial score (nSPS) is 10.5. The number of nitrogens with zero attached hydrogens (tertiary/aromatic N) is 2. The van der Waals surface area contributed by atoms with E-state index >= 15 is 0 Å². The van der Waals surface area contributed by atoms with E-state index < -0.39 is 35.6 Å². The Bertz CT molecular complexity index is 1940. The van der Waals surface area contributed by atoms with Gasteiger partial charge in [-0.3, -0.25) is 24.0 Å². The molecule has 0 spiro atoms. The summed E-state index contributed by atoms with van der Waals surface area (Å²) in [6.45, 7) is 0.314. The summed E-state index contributed by atoms with van der Waals surface area (Å²) in [4.78, 5) is 105. The number of methoxy groups -OCH3 is 2. The number of aromatic nitrogens is 1. The average Bonchev–Trinajstić information content (AvgIpc) is 3.55. The molecule has 1 aromatic heterocycles. The number of esters is 2. The van der Waals surface area contributed by atoms with Gasteiger partial charge in [0, 0.05) is 89.9 Å². The number of phenolic OH excluding ortho intramolecular Hbond substituents is 2. The Morgan fingerprint density at radius 3 is 1.35 bits per heavy atom. The van der Waals surface area contributed by atoms with Crippen LogP contribution in [0.5, 0.6) is 23.3 Å². The van der Waals surface area contributed by atoms with Gasteiger partial charge in [-0.05, 0) is 54.7 Å². The second kappa shape index (κ2) is 25.3. The Labute approximate surface area is 356 Å². The van der Waals surface area contributed by atoms with Crippen molar-refractivity contribution >= 4 is 47.4 Å². The monoisotopic (exact) mass is 868 g/mol. The summed E-state index contributed by atoms with van der Waals surface area (Å²) in [5, 5.41) is 50.1. The maximum absolute atomic E-state index is 13.2. The summed E-state index contributed by atoms with van der Waals surface area (Å²) in [5.74, 6) is -5.65. The first-order chi connectivity index (χ1) is 29.6. The van der Waals surface area contributed by atoms with Crippen LogP contribution in [0.2, 0.25) is 0 Å². The summed E-state index contributed by atoms with van der Waals surface area (Å²) >= 11 is 0. The Kier molecular flexibility index (Phi) is 20.0. The molecule has 5 amide bonds. The maximum Gasteiger partial charge on any atom is 0.341 e. The van der Waals surface area contributed by atoms with E-state index in [2.05, 4.69) is 30.7 Å². The number of benzene rings is 2. The highest BCUT2D eigenvalue weighted by Gasteiger charge is 2.18. The van der Waals surface area contributed by atoms with Gasteiger partial charge in [-0.2, -0.15) is 0 Å². The lowest BCUT2D eigenvalue weighted by molar-refractivity contribution is -0.145. The van der Waals surface area contributed by atoms with E-state index in [9.17, 15) is 58.8 Å². The third-order valence-electron chi connectivity index (χ3n) is 9.05. The van der Waals surface area contributed by atoms with E-state index in [1.165, 1.54) is 43.4 Å². The van der Waals surface area contributed by atoms with Gasteiger partial charge in [-0.15, -0.1) is 4.73 Å². The van der Waals surface area contributed by atoms with Gasteiger partial charge in [0.25, 0.3) is 0 Å². The second-order valence-corrected chi connectivity index (χ2v) is 13.7. The van der Waals surface area contributed by atoms with Crippen LogP contribution in [0.15, 0.2) is 48.5 Å². The van der Waals surface area contributed by atoms with Gasteiger partial charge < -0.3 is 60.9 Å². The van der Waals surface area contributed by atoms with Crippen LogP contribution in [-0.2, 0) is 51.3 Å². The van der Waals surface area contributed by atoms with Crippen LogP contribution in [0.4, 0.5) is 0 Å². The fourth-order valence-electron chi connectivity index (χ4n) is 5.72. The highest BCUT2D eigenvalue weighted by atomic mass is 16.7. The van der Waals surface area contributed by atoms with Gasteiger partial charge in [0.1, 0.15) is 22.6 Å². The Hall–Kier alpha value is -7.32. The zero-order valence-electron chi connectivity index (χ0n) is 34.4. The molecule has 0 radical (unpaired) electrons. The third kappa shape index (κ3) is 16.7. The number of rotatable bonds is 25. The molecule has 0 aliphatic rings. The molecule has 0 saturated carbocycles. The lowest BCUT2D eigenvalue weighted by Crippen LogP contribution is -2.42. The highest BCUT2D eigenvalue weighted by Crippen LogP contribution is 2.21. The molecule has 0 unspecified atom stereocenters. The molecule has 0 bridgehead atoms. The first-order valence-electron chi connectivity index (χ1n) is 19.6. The predicted octanol–water partition coefficient (Wildman–Crippen LogP) is 1.04. The fraction of sp³-hybridized carbons (Fsp3) is 0.415. The van der Waals surface area contributed by atoms with Gasteiger partial charge in [-0.25, -0.2) is 14.4 Å². The van der Waals surface area contributed by atoms with Crippen LogP contribution in [0.1, 0.15) is 89.6 Å². The van der Waals surface area contributed by atoms with Gasteiger partial charge in [-0.1, -0.05) is 12.1 Å². The average molecular weight is 869 g/mol. The third-order valence-corrected chi connectivity index (χ3v) is 9.05. The van der Waals surface area contributed by atoms with E-state index in [0.29, 0.717) is 15.9 Å². The molecule has 1 heterocycles. The minimum absolute atomic E-state index is 0.00636. The van der Waals surface area contributed by atoms with Gasteiger partial charge in [0.2, 0.25) is 41.3 Å². The molecule has 0 saturated heterocycles. The minimum Gasteiger partial charge on any atom is -0.507 e. The molecule has 3 rings (SSSR count). The van der Waals surface area contributed by atoms with Crippen LogP contribution >= 0.6 is 0 Å². The Morgan fingerprint density at radius 1 is 0.548 bits per heavy atom. The van der Waals surface area contributed by atoms with Crippen LogP contribution in [-0.4, -0.2) is 118 Å². The lowest BCUT2D eigenvalue weighted by atomic mass is 10.1. The van der Waals surface area contributed by atoms with Crippen LogP contribution < -0.4 is 26.1 Å². The highest BCUT2D eigenvalue weighted by molar-refractivity contribution is 5.93. The standard InChI is InChI=1S/C41H52N6O15/c1-60-40(58)28-14-12-26(22-30(28)48)24-44-34(52)8-3-6-32(50)42-18-20-46(36(54)10-5-11-39(57)62-47-37(55)16-17-38(47)56)21-19-43-33(51)7-4-9-35(53)45-25-27-13-15-29(31(49)23-27)41(59)61-2/h12-17,22-23,48-49,55-56H,3-11,18-21,24-25H2,1-2H3,(H,42,50)(H,43,51)(H,44,52)(H,45,53). The van der Waals surface area contributed by atoms with Crippen molar-refractivity contribution in [2.24, 2.45) is 0 Å². The number of carbonyl (C=O) groups excluding carboxylic acids is 8. The molecule has 0 atom stereocenters. The van der Waals surface area contributed by atoms with E-state index in [0.717, 1.165) is 12.1 Å². The summed E-state index contributed by atoms with van der Waals surface area (Å²) in [5.41, 5.74) is 1.06. The van der Waals surface area contributed by atoms with Crippen molar-refractivity contribution in [2.45, 2.75) is 70.9 Å². The lowest BCUT2D eigenvalue weighted by Gasteiger charge is -2.23. The van der Waals surface area contributed by atoms with Crippen molar-refractivity contribution in [2.75, 3.05) is 40.4 Å². The molecular weight excluding hydrogens is 816 g/mol. The molecule has 0 fully saturated rings. The van der Waals surface area contributed by atoms with Gasteiger partial charge in [0.05, 0.1) is 14.2 Å². The smallest absolute Gasteiger partial charge is 0.341 e. The molecule has 3 aromatic rings. The molecule has 21 heteroatoms. The largest absolute Gasteiger partial charge is 0.507 e. The SMILES string of the molecule is COC(=O)c1ccc(CNC(=O)CCCC(=O)NCCN(CCNC(=O)CCCC(=O)NCc2ccc(C(=O)OC)c(O)c2)C(=O)CCCC(=O)On2c(O)ccc2O)cc1O. The zero-order valence-corrected chi connectivity index (χ0v) is 34.4. The fourth-order valence-corrected chi connectivity index (χ4v) is 5.72. The van der Waals surface area contributed by atoms with Crippen molar-refractivity contribution < 1.29 is 73.1 Å². The molecule has 62 heavy (non-hydrogen) atoms. The number of carbonyl (C=O) groups is 8. The van der Waals surface area contributed by atoms with Crippen LogP contribution in [0.25, 0.3) is 0 Å². The number of hydrogen-bond donors (Lipinski definition) is 8. The van der Waals surface area contributed by atoms with Crippen molar-refractivity contribution in [1.82, 2.24) is 30.9 Å². The summed E-state index contributed by atoms with van der Waals surface area (Å²) in [7, 11) is 2.37. The number of nitrogens with one attached hydrogen (secondary N) is 4. The number of aromatic hydroxyl groups is 4. The molecule has 336 valence electrons. The van der Waals surface area contributed by atoms with Gasteiger partial charge >= 0.3 is 17.9 Å². The molecule has 8 N–H and O–H groups in total. The Morgan fingerprint density at radius 2 is 0.952 bits per heavy atom. The zero-order chi connectivity index (χ0) is 45.6. The topological polar surface area (TPSA) is 301 Å². The first-order valence-corrected chi connectivity index (χ1v) is 19.6. The first kappa shape index (κ1) is 49.0. The molecule has 21 nitrogen and oxygen atoms in total.